The van der Waals surface area contributed by atoms with Crippen molar-refractivity contribution in [3.63, 3.8) is 0 Å². The molecule has 0 saturated carbocycles. The first-order valence-corrected chi connectivity index (χ1v) is 21.6. The molecule has 6 nitrogen and oxygen atoms in total. The van der Waals surface area contributed by atoms with Gasteiger partial charge in [-0.15, -0.1) is 0 Å². The van der Waals surface area contributed by atoms with Crippen LogP contribution in [0.1, 0.15) is 0 Å². The Bertz CT molecular complexity index is 3280. The summed E-state index contributed by atoms with van der Waals surface area (Å²) < 4.78 is 23.1. The van der Waals surface area contributed by atoms with Crippen LogP contribution in [0.2, 0.25) is 0 Å². The number of hydrogen-bond donors (Lipinski definition) is 0. The molecule has 0 spiro atoms. The van der Waals surface area contributed by atoms with Crippen LogP contribution >= 0.6 is 11.7 Å². The van der Waals surface area contributed by atoms with Crippen LogP contribution in [0.5, 0.6) is 11.5 Å². The lowest BCUT2D eigenvalue weighted by Crippen LogP contribution is -2.10. The second-order valence-electron chi connectivity index (χ2n) is 15.5. The van der Waals surface area contributed by atoms with Crippen LogP contribution in [-0.2, 0) is 0 Å². The first kappa shape index (κ1) is 38.0. The second-order valence-corrected chi connectivity index (χ2v) is 16.0. The number of nitrogens with zero attached hydrogens (tertiary/aromatic N) is 4. The molecule has 11 aromatic rings. The van der Waals surface area contributed by atoms with E-state index in [1.54, 1.807) is 14.2 Å². The highest BCUT2D eigenvalue weighted by Crippen LogP contribution is 2.43. The summed E-state index contributed by atoms with van der Waals surface area (Å²) >= 11 is 1.25. The fourth-order valence-electron chi connectivity index (χ4n) is 8.72. The van der Waals surface area contributed by atoms with Gasteiger partial charge in [0.1, 0.15) is 22.5 Å². The van der Waals surface area contributed by atoms with Gasteiger partial charge in [-0.05, 0) is 136 Å². The van der Waals surface area contributed by atoms with Gasteiger partial charge in [-0.3, -0.25) is 0 Å². The van der Waals surface area contributed by atoms with Gasteiger partial charge < -0.3 is 18.9 Å². The average Bonchev–Trinajstić information content (AvgIpc) is 3.99. The predicted molar refractivity (Wildman–Crippen MR) is 261 cm³/mol. The molecule has 0 fully saturated rings. The molecular formula is C56H40N4O2S. The standard InChI is InChI=1S/C56H40N4O2S/c1-61-47-27-17-39(18-28-47)42-21-32-52-50(35-42)51-36-43(40-19-29-48(62-2)30-20-40)22-33-53(51)60(52)46-25-15-41(16-26-46)49-31-34-54(56-55(49)57-63-58-56)59(44-11-7-4-8-12-44)45-23-13-38(14-24-45)37-9-5-3-6-10-37/h3-36H,1-2H3. The Balaban J connectivity index is 0.989. The maximum absolute atomic E-state index is 5.45. The lowest BCUT2D eigenvalue weighted by molar-refractivity contribution is 0.415. The molecular weight excluding hydrogens is 793 g/mol. The molecule has 0 aliphatic rings. The van der Waals surface area contributed by atoms with Crippen molar-refractivity contribution in [2.24, 2.45) is 0 Å². The lowest BCUT2D eigenvalue weighted by atomic mass is 10.00. The Morgan fingerprint density at radius 1 is 0.413 bits per heavy atom. The zero-order valence-corrected chi connectivity index (χ0v) is 35.5. The third kappa shape index (κ3) is 6.94. The van der Waals surface area contributed by atoms with E-state index in [0.29, 0.717) is 0 Å². The van der Waals surface area contributed by atoms with Gasteiger partial charge in [0.05, 0.1) is 42.7 Å². The minimum atomic E-state index is 0.839. The smallest absolute Gasteiger partial charge is 0.129 e. The van der Waals surface area contributed by atoms with E-state index < -0.39 is 0 Å². The van der Waals surface area contributed by atoms with Gasteiger partial charge in [0.15, 0.2) is 0 Å². The van der Waals surface area contributed by atoms with E-state index in [-0.39, 0.29) is 0 Å². The molecule has 0 N–H and O–H groups in total. The number of fused-ring (bicyclic) bond motifs is 4. The fraction of sp³-hybridized carbons (Fsp3) is 0.0357. The highest BCUT2D eigenvalue weighted by Gasteiger charge is 2.21. The summed E-state index contributed by atoms with van der Waals surface area (Å²) in [7, 11) is 3.39. The molecule has 7 heteroatoms. The van der Waals surface area contributed by atoms with Crippen molar-refractivity contribution in [3.8, 4) is 61.7 Å². The van der Waals surface area contributed by atoms with E-state index in [2.05, 4.69) is 179 Å². The Morgan fingerprint density at radius 3 is 1.44 bits per heavy atom. The number of methoxy groups -OCH3 is 2. The molecule has 0 unspecified atom stereocenters. The normalized spacial score (nSPS) is 11.3. The molecule has 2 heterocycles. The van der Waals surface area contributed by atoms with Gasteiger partial charge in [-0.1, -0.05) is 109 Å². The molecule has 0 atom stereocenters. The first-order chi connectivity index (χ1) is 31.1. The summed E-state index contributed by atoms with van der Waals surface area (Å²) in [6, 6.07) is 72.9. The average molecular weight is 833 g/mol. The van der Waals surface area contributed by atoms with Crippen molar-refractivity contribution >= 4 is 61.6 Å². The summed E-state index contributed by atoms with van der Waals surface area (Å²) in [5, 5.41) is 2.36. The van der Waals surface area contributed by atoms with E-state index in [1.807, 2.05) is 36.4 Å². The molecule has 0 amide bonds. The third-order valence-corrected chi connectivity index (χ3v) is 12.5. The molecule has 0 aliphatic carbocycles. The van der Waals surface area contributed by atoms with Gasteiger partial charge >= 0.3 is 0 Å². The van der Waals surface area contributed by atoms with Crippen LogP contribution in [0.25, 0.3) is 83.0 Å². The van der Waals surface area contributed by atoms with Crippen LogP contribution in [-0.4, -0.2) is 27.5 Å². The van der Waals surface area contributed by atoms with Crippen LogP contribution in [0.4, 0.5) is 17.1 Å². The van der Waals surface area contributed by atoms with Crippen molar-refractivity contribution in [1.29, 1.82) is 0 Å². The van der Waals surface area contributed by atoms with Gasteiger partial charge in [-0.2, -0.15) is 8.75 Å². The molecule has 0 bridgehead atoms. The number of aromatic nitrogens is 3. The van der Waals surface area contributed by atoms with Crippen molar-refractivity contribution in [3.05, 3.63) is 206 Å². The Labute approximate surface area is 369 Å². The molecule has 0 saturated heterocycles. The predicted octanol–water partition coefficient (Wildman–Crippen LogP) is 14.9. The lowest BCUT2D eigenvalue weighted by Gasteiger charge is -2.26. The summed E-state index contributed by atoms with van der Waals surface area (Å²) in [5.74, 6) is 1.68. The zero-order chi connectivity index (χ0) is 42.3. The van der Waals surface area contributed by atoms with Crippen LogP contribution < -0.4 is 14.4 Å². The Kier molecular flexibility index (Phi) is 9.71. The number of rotatable bonds is 10. The summed E-state index contributed by atoms with van der Waals surface area (Å²) in [5.41, 5.74) is 17.2. The van der Waals surface area contributed by atoms with E-state index in [0.717, 1.165) is 89.7 Å². The molecule has 9 aromatic carbocycles. The highest BCUT2D eigenvalue weighted by molar-refractivity contribution is 7.00. The van der Waals surface area contributed by atoms with Gasteiger partial charge in [-0.25, -0.2) is 0 Å². The van der Waals surface area contributed by atoms with Gasteiger partial charge in [0.2, 0.25) is 0 Å². The SMILES string of the molecule is COc1ccc(-c2ccc3c(c2)c2cc(-c4ccc(OC)cc4)ccc2n3-c2ccc(-c3ccc(N(c4ccccc4)c4ccc(-c5ccccc5)cc4)c4nsnc34)cc2)cc1. The number of ether oxygens (including phenoxy) is 2. The minimum absolute atomic E-state index is 0.839. The van der Waals surface area contributed by atoms with Crippen molar-refractivity contribution in [2.45, 2.75) is 0 Å². The molecule has 0 radical (unpaired) electrons. The topological polar surface area (TPSA) is 52.4 Å². The monoisotopic (exact) mass is 832 g/mol. The highest BCUT2D eigenvalue weighted by atomic mass is 32.1. The molecule has 2 aromatic heterocycles. The summed E-state index contributed by atoms with van der Waals surface area (Å²) in [4.78, 5) is 2.27. The van der Waals surface area contributed by atoms with Crippen molar-refractivity contribution in [2.75, 3.05) is 19.1 Å². The van der Waals surface area contributed by atoms with Gasteiger partial charge in [0.25, 0.3) is 0 Å². The third-order valence-electron chi connectivity index (χ3n) is 11.9. The van der Waals surface area contributed by atoms with Crippen molar-refractivity contribution < 1.29 is 9.47 Å². The summed E-state index contributed by atoms with van der Waals surface area (Å²) in [6.45, 7) is 0. The minimum Gasteiger partial charge on any atom is -0.497 e. The fourth-order valence-corrected chi connectivity index (χ4v) is 9.29. The number of benzene rings is 9. The maximum atomic E-state index is 5.45. The number of hydrogen-bond acceptors (Lipinski definition) is 6. The Hall–Kier alpha value is -8.00. The number of para-hydroxylation sites is 1. The zero-order valence-electron chi connectivity index (χ0n) is 34.6. The number of anilines is 3. The largest absolute Gasteiger partial charge is 0.497 e. The van der Waals surface area contributed by atoms with Crippen molar-refractivity contribution in [1.82, 2.24) is 13.3 Å². The maximum Gasteiger partial charge on any atom is 0.129 e. The van der Waals surface area contributed by atoms with Crippen LogP contribution in [0, 0.1) is 0 Å². The summed E-state index contributed by atoms with van der Waals surface area (Å²) in [6.07, 6.45) is 0. The van der Waals surface area contributed by atoms with Crippen LogP contribution in [0.3, 0.4) is 0 Å². The molecule has 0 aliphatic heterocycles. The van der Waals surface area contributed by atoms with E-state index in [9.17, 15) is 0 Å². The van der Waals surface area contributed by atoms with E-state index >= 15 is 0 Å². The molecule has 63 heavy (non-hydrogen) atoms. The molecule has 11 rings (SSSR count). The quantitative estimate of drug-likeness (QED) is 0.137. The van der Waals surface area contributed by atoms with Crippen LogP contribution in [0.15, 0.2) is 206 Å². The molecule has 302 valence electrons. The van der Waals surface area contributed by atoms with E-state index in [4.69, 9.17) is 18.2 Å². The Morgan fingerprint density at radius 2 is 0.873 bits per heavy atom. The second kappa shape index (κ2) is 16.1. The van der Waals surface area contributed by atoms with Gasteiger partial charge in [0, 0.05) is 33.4 Å². The first-order valence-electron chi connectivity index (χ1n) is 20.9. The van der Waals surface area contributed by atoms with E-state index in [1.165, 1.54) is 33.6 Å².